The van der Waals surface area contributed by atoms with E-state index < -0.39 is 6.10 Å². The summed E-state index contributed by atoms with van der Waals surface area (Å²) in [6.07, 6.45) is -0.641. The molecule has 0 saturated heterocycles. The molecule has 2 N–H and O–H groups in total. The zero-order valence-electron chi connectivity index (χ0n) is 10.9. The summed E-state index contributed by atoms with van der Waals surface area (Å²) in [7, 11) is 0. The minimum absolute atomic E-state index is 0.0738. The quantitative estimate of drug-likeness (QED) is 0.772. The molecule has 0 aliphatic rings. The van der Waals surface area contributed by atoms with Crippen molar-refractivity contribution in [3.8, 4) is 5.75 Å². The Balaban J connectivity index is 2.42. The molecule has 0 heterocycles. The van der Waals surface area contributed by atoms with E-state index >= 15 is 0 Å². The summed E-state index contributed by atoms with van der Waals surface area (Å²) in [5.74, 6) is 0.496. The van der Waals surface area contributed by atoms with E-state index in [1.54, 1.807) is 18.2 Å². The normalized spacial score (nSPS) is 12.7. The third-order valence-electron chi connectivity index (χ3n) is 2.66. The van der Waals surface area contributed by atoms with E-state index in [9.17, 15) is 5.11 Å². The van der Waals surface area contributed by atoms with Gasteiger partial charge in [-0.15, -0.1) is 0 Å². The number of rotatable bonds is 8. The number of aliphatic hydroxyl groups excluding tert-OH is 2. The van der Waals surface area contributed by atoms with E-state index in [-0.39, 0.29) is 13.2 Å². The second kappa shape index (κ2) is 8.61. The Kier molecular flexibility index (Phi) is 7.49. The van der Waals surface area contributed by atoms with Crippen LogP contribution in [0.2, 0.25) is 10.0 Å². The van der Waals surface area contributed by atoms with E-state index in [1.165, 1.54) is 0 Å². The Morgan fingerprint density at radius 3 is 2.68 bits per heavy atom. The first-order valence-electron chi connectivity index (χ1n) is 6.16. The van der Waals surface area contributed by atoms with Crippen molar-refractivity contribution in [3.05, 3.63) is 28.2 Å². The highest BCUT2D eigenvalue weighted by Gasteiger charge is 2.11. The van der Waals surface area contributed by atoms with E-state index in [0.717, 1.165) is 6.54 Å². The van der Waals surface area contributed by atoms with Gasteiger partial charge in [-0.25, -0.2) is 0 Å². The van der Waals surface area contributed by atoms with Gasteiger partial charge in [0.1, 0.15) is 18.5 Å². The fourth-order valence-electron chi connectivity index (χ4n) is 1.65. The molecule has 0 fully saturated rings. The smallest absolute Gasteiger partial charge is 0.138 e. The molecule has 1 unspecified atom stereocenters. The van der Waals surface area contributed by atoms with Crippen LogP contribution >= 0.6 is 23.2 Å². The van der Waals surface area contributed by atoms with Gasteiger partial charge in [-0.2, -0.15) is 0 Å². The standard InChI is InChI=1S/C13H19Cl2NO3/c1-2-16(5-6-17)8-11(18)9-19-13-4-3-10(14)7-12(13)15/h3-4,7,11,17-18H,2,5-6,8-9H2,1H3. The Morgan fingerprint density at radius 1 is 1.37 bits per heavy atom. The van der Waals surface area contributed by atoms with Crippen molar-refractivity contribution in [2.45, 2.75) is 13.0 Å². The van der Waals surface area contributed by atoms with Gasteiger partial charge in [0.05, 0.1) is 11.6 Å². The Hall–Kier alpha value is -0.520. The third-order valence-corrected chi connectivity index (χ3v) is 3.19. The highest BCUT2D eigenvalue weighted by atomic mass is 35.5. The fourth-order valence-corrected chi connectivity index (χ4v) is 2.11. The van der Waals surface area contributed by atoms with Gasteiger partial charge in [0.15, 0.2) is 0 Å². The van der Waals surface area contributed by atoms with Gasteiger partial charge in [0.2, 0.25) is 0 Å². The van der Waals surface area contributed by atoms with Crippen LogP contribution in [0.25, 0.3) is 0 Å². The van der Waals surface area contributed by atoms with Crippen LogP contribution in [-0.4, -0.2) is 54.1 Å². The lowest BCUT2D eigenvalue weighted by molar-refractivity contribution is 0.0638. The Bertz CT molecular complexity index is 390. The lowest BCUT2D eigenvalue weighted by Gasteiger charge is -2.22. The van der Waals surface area contributed by atoms with Crippen molar-refractivity contribution in [2.24, 2.45) is 0 Å². The zero-order valence-corrected chi connectivity index (χ0v) is 12.4. The molecule has 1 rings (SSSR count). The van der Waals surface area contributed by atoms with Crippen LogP contribution in [0.5, 0.6) is 5.75 Å². The van der Waals surface area contributed by atoms with Crippen molar-refractivity contribution < 1.29 is 14.9 Å². The maximum Gasteiger partial charge on any atom is 0.138 e. The first kappa shape index (κ1) is 16.5. The van der Waals surface area contributed by atoms with Crippen LogP contribution in [0.1, 0.15) is 6.92 Å². The van der Waals surface area contributed by atoms with Crippen LogP contribution in [-0.2, 0) is 0 Å². The van der Waals surface area contributed by atoms with Gasteiger partial charge in [0.25, 0.3) is 0 Å². The number of benzene rings is 1. The number of hydrogen-bond acceptors (Lipinski definition) is 4. The molecule has 0 amide bonds. The minimum atomic E-state index is -0.641. The molecule has 1 aromatic rings. The van der Waals surface area contributed by atoms with Crippen molar-refractivity contribution in [1.82, 2.24) is 4.90 Å². The van der Waals surface area contributed by atoms with Gasteiger partial charge >= 0.3 is 0 Å². The number of nitrogens with zero attached hydrogens (tertiary/aromatic N) is 1. The van der Waals surface area contributed by atoms with Crippen LogP contribution in [0, 0.1) is 0 Å². The molecule has 1 atom stereocenters. The molecule has 0 aromatic heterocycles. The van der Waals surface area contributed by atoms with Crippen molar-refractivity contribution in [2.75, 3.05) is 32.8 Å². The van der Waals surface area contributed by atoms with Gasteiger partial charge in [-0.05, 0) is 24.7 Å². The van der Waals surface area contributed by atoms with Crippen LogP contribution < -0.4 is 4.74 Å². The topological polar surface area (TPSA) is 52.9 Å². The van der Waals surface area contributed by atoms with Gasteiger partial charge in [-0.3, -0.25) is 4.90 Å². The lowest BCUT2D eigenvalue weighted by Crippen LogP contribution is -2.37. The van der Waals surface area contributed by atoms with Crippen molar-refractivity contribution in [1.29, 1.82) is 0 Å². The summed E-state index contributed by atoms with van der Waals surface area (Å²) in [5.41, 5.74) is 0. The summed E-state index contributed by atoms with van der Waals surface area (Å²) in [5, 5.41) is 19.7. The first-order chi connectivity index (χ1) is 9.06. The molecular formula is C13H19Cl2NO3. The van der Waals surface area contributed by atoms with Crippen molar-refractivity contribution >= 4 is 23.2 Å². The molecule has 108 valence electrons. The van der Waals surface area contributed by atoms with E-state index in [1.807, 2.05) is 11.8 Å². The molecule has 0 bridgehead atoms. The molecule has 0 aliphatic heterocycles. The van der Waals surface area contributed by atoms with Crippen LogP contribution in [0.4, 0.5) is 0 Å². The molecule has 0 aliphatic carbocycles. The van der Waals surface area contributed by atoms with Crippen LogP contribution in [0.15, 0.2) is 18.2 Å². The average molecular weight is 308 g/mol. The maximum absolute atomic E-state index is 9.87. The average Bonchev–Trinajstić information content (AvgIpc) is 2.37. The largest absolute Gasteiger partial charge is 0.489 e. The summed E-state index contributed by atoms with van der Waals surface area (Å²) < 4.78 is 5.45. The minimum Gasteiger partial charge on any atom is -0.489 e. The number of likely N-dealkylation sites (N-methyl/N-ethyl adjacent to an activating group) is 1. The lowest BCUT2D eigenvalue weighted by atomic mass is 10.3. The number of halogens is 2. The molecule has 6 heteroatoms. The fraction of sp³-hybridized carbons (Fsp3) is 0.538. The highest BCUT2D eigenvalue weighted by molar-refractivity contribution is 6.35. The number of aliphatic hydroxyl groups is 2. The van der Waals surface area contributed by atoms with Crippen molar-refractivity contribution in [3.63, 3.8) is 0 Å². The summed E-state index contributed by atoms with van der Waals surface area (Å²) in [6, 6.07) is 4.94. The molecule has 19 heavy (non-hydrogen) atoms. The molecular weight excluding hydrogens is 289 g/mol. The molecule has 0 radical (unpaired) electrons. The van der Waals surface area contributed by atoms with Gasteiger partial charge in [0, 0.05) is 18.1 Å². The van der Waals surface area contributed by atoms with Gasteiger partial charge < -0.3 is 14.9 Å². The molecule has 4 nitrogen and oxygen atoms in total. The van der Waals surface area contributed by atoms with Crippen LogP contribution in [0.3, 0.4) is 0 Å². The number of ether oxygens (including phenoxy) is 1. The molecule has 1 aromatic carbocycles. The Morgan fingerprint density at radius 2 is 2.11 bits per heavy atom. The second-order valence-corrected chi connectivity index (χ2v) is 5.00. The Labute approximate surface area is 123 Å². The molecule has 0 spiro atoms. The number of hydrogen-bond donors (Lipinski definition) is 2. The SMILES string of the molecule is CCN(CCO)CC(O)COc1ccc(Cl)cc1Cl. The monoisotopic (exact) mass is 307 g/mol. The summed E-state index contributed by atoms with van der Waals surface area (Å²) in [6.45, 7) is 3.93. The summed E-state index contributed by atoms with van der Waals surface area (Å²) in [4.78, 5) is 1.94. The first-order valence-corrected chi connectivity index (χ1v) is 6.91. The van der Waals surface area contributed by atoms with E-state index in [4.69, 9.17) is 33.0 Å². The maximum atomic E-state index is 9.87. The van der Waals surface area contributed by atoms with E-state index in [0.29, 0.717) is 28.9 Å². The predicted octanol–water partition coefficient (Wildman–Crippen LogP) is 2.05. The highest BCUT2D eigenvalue weighted by Crippen LogP contribution is 2.27. The molecule has 0 saturated carbocycles. The predicted molar refractivity (Wildman–Crippen MR) is 77.2 cm³/mol. The summed E-state index contributed by atoms with van der Waals surface area (Å²) >= 11 is 11.7. The third kappa shape index (κ3) is 5.97. The second-order valence-electron chi connectivity index (χ2n) is 4.16. The van der Waals surface area contributed by atoms with E-state index in [2.05, 4.69) is 0 Å². The van der Waals surface area contributed by atoms with Gasteiger partial charge in [-0.1, -0.05) is 30.1 Å². The zero-order chi connectivity index (χ0) is 14.3.